The van der Waals surface area contributed by atoms with Gasteiger partial charge in [-0.05, 0) is 23.1 Å². The second kappa shape index (κ2) is 7.00. The highest BCUT2D eigenvalue weighted by Gasteiger charge is 2.15. The van der Waals surface area contributed by atoms with Gasteiger partial charge in [-0.25, -0.2) is 9.97 Å². The first-order valence-electron chi connectivity index (χ1n) is 7.45. The zero-order valence-corrected chi connectivity index (χ0v) is 14.5. The van der Waals surface area contributed by atoms with Gasteiger partial charge in [0.15, 0.2) is 0 Å². The highest BCUT2D eigenvalue weighted by molar-refractivity contribution is 7.08. The van der Waals surface area contributed by atoms with Crippen molar-refractivity contribution >= 4 is 28.8 Å². The lowest BCUT2D eigenvalue weighted by Crippen LogP contribution is -2.04. The van der Waals surface area contributed by atoms with Crippen LogP contribution in [0.2, 0.25) is 5.02 Å². The summed E-state index contributed by atoms with van der Waals surface area (Å²) < 4.78 is 5.39. The minimum Gasteiger partial charge on any atom is -0.365 e. The summed E-state index contributed by atoms with van der Waals surface area (Å²) in [6.45, 7) is 0.523. The molecule has 0 radical (unpaired) electrons. The molecule has 0 amide bonds. The first-order valence-corrected chi connectivity index (χ1v) is 8.77. The third-order valence-electron chi connectivity index (χ3n) is 3.55. The molecule has 25 heavy (non-hydrogen) atoms. The van der Waals surface area contributed by atoms with E-state index in [4.69, 9.17) is 16.1 Å². The molecule has 3 heterocycles. The van der Waals surface area contributed by atoms with E-state index in [9.17, 15) is 0 Å². The van der Waals surface area contributed by atoms with E-state index >= 15 is 0 Å². The summed E-state index contributed by atoms with van der Waals surface area (Å²) in [5, 5.41) is 11.9. The molecule has 1 N–H and O–H groups in total. The minimum atomic E-state index is 0.364. The highest BCUT2D eigenvalue weighted by Crippen LogP contribution is 2.27. The fourth-order valence-corrected chi connectivity index (χ4v) is 3.13. The van der Waals surface area contributed by atoms with Gasteiger partial charge in [-0.15, -0.1) is 0 Å². The Hall–Kier alpha value is -2.77. The van der Waals surface area contributed by atoms with Crippen LogP contribution >= 0.6 is 22.9 Å². The smallest absolute Gasteiger partial charge is 0.263 e. The van der Waals surface area contributed by atoms with E-state index in [-0.39, 0.29) is 0 Å². The van der Waals surface area contributed by atoms with Crippen LogP contribution in [-0.4, -0.2) is 20.1 Å². The van der Waals surface area contributed by atoms with Gasteiger partial charge in [0.05, 0.1) is 0 Å². The molecule has 0 saturated heterocycles. The van der Waals surface area contributed by atoms with Crippen LogP contribution in [0.4, 0.5) is 5.82 Å². The van der Waals surface area contributed by atoms with Gasteiger partial charge in [0.1, 0.15) is 17.7 Å². The molecule has 4 rings (SSSR count). The second-order valence-corrected chi connectivity index (χ2v) is 6.35. The molecule has 4 aromatic rings. The van der Waals surface area contributed by atoms with Gasteiger partial charge in [0.2, 0.25) is 5.82 Å². The van der Waals surface area contributed by atoms with Gasteiger partial charge in [-0.3, -0.25) is 0 Å². The Labute approximate surface area is 152 Å². The summed E-state index contributed by atoms with van der Waals surface area (Å²) in [5.74, 6) is 1.51. The van der Waals surface area contributed by atoms with Gasteiger partial charge < -0.3 is 9.84 Å². The molecular weight excluding hydrogens is 358 g/mol. The zero-order valence-electron chi connectivity index (χ0n) is 12.9. The molecule has 0 fully saturated rings. The van der Waals surface area contributed by atoms with Crippen molar-refractivity contribution in [3.63, 3.8) is 0 Å². The normalized spacial score (nSPS) is 10.8. The molecule has 6 nitrogen and oxygen atoms in total. The quantitative estimate of drug-likeness (QED) is 0.557. The zero-order chi connectivity index (χ0) is 17.1. The fraction of sp³-hybridized carbons (Fsp3) is 0.0588. The van der Waals surface area contributed by atoms with Gasteiger partial charge >= 0.3 is 0 Å². The first kappa shape index (κ1) is 15.7. The largest absolute Gasteiger partial charge is 0.365 e. The monoisotopic (exact) mass is 369 g/mol. The predicted molar refractivity (Wildman–Crippen MR) is 97.4 cm³/mol. The average molecular weight is 370 g/mol. The van der Waals surface area contributed by atoms with Crippen molar-refractivity contribution in [3.05, 3.63) is 64.2 Å². The predicted octanol–water partition coefficient (Wildman–Crippen LogP) is 4.52. The summed E-state index contributed by atoms with van der Waals surface area (Å²) in [6, 6.07) is 9.58. The molecule has 8 heteroatoms. The molecule has 3 aromatic heterocycles. The Balaban J connectivity index is 1.60. The lowest BCUT2D eigenvalue weighted by Gasteiger charge is -2.09. The number of rotatable bonds is 5. The molecule has 0 aliphatic carbocycles. The van der Waals surface area contributed by atoms with E-state index in [1.165, 1.54) is 6.33 Å². The maximum Gasteiger partial charge on any atom is 0.263 e. The van der Waals surface area contributed by atoms with Crippen LogP contribution in [0.25, 0.3) is 22.8 Å². The van der Waals surface area contributed by atoms with Crippen molar-refractivity contribution in [3.8, 4) is 22.8 Å². The molecule has 0 saturated carbocycles. The maximum atomic E-state index is 6.20. The number of aromatic nitrogens is 4. The highest BCUT2D eigenvalue weighted by atomic mass is 35.5. The SMILES string of the molecule is Clc1ccccc1CNc1ncncc1-c1nc(-c2ccsc2)no1. The Morgan fingerprint density at radius 1 is 1.20 bits per heavy atom. The average Bonchev–Trinajstić information content (AvgIpc) is 3.33. The fourth-order valence-electron chi connectivity index (χ4n) is 2.29. The molecule has 0 unspecified atom stereocenters. The third-order valence-corrected chi connectivity index (χ3v) is 4.60. The molecule has 0 aliphatic heterocycles. The van der Waals surface area contributed by atoms with E-state index < -0.39 is 0 Å². The van der Waals surface area contributed by atoms with E-state index in [0.29, 0.717) is 34.7 Å². The number of halogens is 1. The van der Waals surface area contributed by atoms with E-state index in [0.717, 1.165) is 11.1 Å². The number of benzene rings is 1. The van der Waals surface area contributed by atoms with Gasteiger partial charge in [0, 0.05) is 28.7 Å². The number of hydrogen-bond donors (Lipinski definition) is 1. The first-order chi connectivity index (χ1) is 12.3. The van der Waals surface area contributed by atoms with Gasteiger partial charge in [-0.2, -0.15) is 16.3 Å². The molecule has 124 valence electrons. The molecule has 0 aliphatic rings. The summed E-state index contributed by atoms with van der Waals surface area (Å²) in [7, 11) is 0. The number of nitrogens with zero attached hydrogens (tertiary/aromatic N) is 4. The van der Waals surface area contributed by atoms with Crippen molar-refractivity contribution in [1.29, 1.82) is 0 Å². The summed E-state index contributed by atoms with van der Waals surface area (Å²) in [5.41, 5.74) is 2.53. The standard InChI is InChI=1S/C17H12ClN5OS/c18-14-4-2-1-3-11(14)7-20-16-13(8-19-10-21-16)17-22-15(23-24-17)12-5-6-25-9-12/h1-6,8-10H,7H2,(H,19,20,21). The van der Waals surface area contributed by atoms with Crippen molar-refractivity contribution in [2.45, 2.75) is 6.54 Å². The van der Waals surface area contributed by atoms with Crippen LogP contribution in [-0.2, 0) is 6.54 Å². The van der Waals surface area contributed by atoms with E-state index in [2.05, 4.69) is 25.4 Å². The van der Waals surface area contributed by atoms with Crippen LogP contribution in [0.1, 0.15) is 5.56 Å². The molecule has 0 atom stereocenters. The van der Waals surface area contributed by atoms with Crippen molar-refractivity contribution in [1.82, 2.24) is 20.1 Å². The lowest BCUT2D eigenvalue weighted by molar-refractivity contribution is 0.432. The summed E-state index contributed by atoms with van der Waals surface area (Å²) >= 11 is 7.77. The molecule has 0 bridgehead atoms. The number of hydrogen-bond acceptors (Lipinski definition) is 7. The Morgan fingerprint density at radius 2 is 2.12 bits per heavy atom. The van der Waals surface area contributed by atoms with E-state index in [1.54, 1.807) is 17.5 Å². The minimum absolute atomic E-state index is 0.364. The van der Waals surface area contributed by atoms with E-state index in [1.807, 2.05) is 41.1 Å². The molecule has 0 spiro atoms. The number of anilines is 1. The van der Waals surface area contributed by atoms with Crippen LogP contribution in [0, 0.1) is 0 Å². The lowest BCUT2D eigenvalue weighted by atomic mass is 10.2. The Bertz CT molecular complexity index is 986. The van der Waals surface area contributed by atoms with Crippen molar-refractivity contribution < 1.29 is 4.52 Å². The number of thiophene rings is 1. The van der Waals surface area contributed by atoms with Crippen molar-refractivity contribution in [2.75, 3.05) is 5.32 Å². The van der Waals surface area contributed by atoms with Gasteiger partial charge in [-0.1, -0.05) is 35.0 Å². The van der Waals surface area contributed by atoms with Crippen LogP contribution in [0.5, 0.6) is 0 Å². The van der Waals surface area contributed by atoms with Crippen molar-refractivity contribution in [2.24, 2.45) is 0 Å². The van der Waals surface area contributed by atoms with Crippen LogP contribution in [0.15, 0.2) is 58.1 Å². The summed E-state index contributed by atoms with van der Waals surface area (Å²) in [6.07, 6.45) is 3.11. The van der Waals surface area contributed by atoms with Crippen LogP contribution in [0.3, 0.4) is 0 Å². The second-order valence-electron chi connectivity index (χ2n) is 5.17. The van der Waals surface area contributed by atoms with Crippen LogP contribution < -0.4 is 5.32 Å². The maximum absolute atomic E-state index is 6.20. The Kier molecular flexibility index (Phi) is 4.41. The topological polar surface area (TPSA) is 76.7 Å². The Morgan fingerprint density at radius 3 is 2.96 bits per heavy atom. The molecule has 1 aromatic carbocycles. The molecular formula is C17H12ClN5OS. The number of nitrogens with one attached hydrogen (secondary N) is 1. The summed E-state index contributed by atoms with van der Waals surface area (Å²) in [4.78, 5) is 12.8. The van der Waals surface area contributed by atoms with Gasteiger partial charge in [0.25, 0.3) is 5.89 Å². The third kappa shape index (κ3) is 3.38.